The van der Waals surface area contributed by atoms with Crippen LogP contribution in [0.2, 0.25) is 5.02 Å². The smallest absolute Gasteiger partial charge is 0.322 e. The van der Waals surface area contributed by atoms with Crippen molar-refractivity contribution < 1.29 is 23.4 Å². The second kappa shape index (κ2) is 5.33. The lowest BCUT2D eigenvalue weighted by Gasteiger charge is -2.21. The number of carboxylic acid groups (broad SMARTS) is 1. The molecule has 0 aliphatic carbocycles. The van der Waals surface area contributed by atoms with Crippen molar-refractivity contribution in [2.24, 2.45) is 0 Å². The highest BCUT2D eigenvalue weighted by Gasteiger charge is 2.44. The van der Waals surface area contributed by atoms with Crippen LogP contribution in [-0.2, 0) is 14.8 Å². The van der Waals surface area contributed by atoms with Gasteiger partial charge in [0, 0.05) is 13.0 Å². The maximum atomic E-state index is 12.5. The van der Waals surface area contributed by atoms with Crippen molar-refractivity contribution >= 4 is 27.6 Å². The Balaban J connectivity index is 2.46. The fourth-order valence-corrected chi connectivity index (χ4v) is 4.42. The number of hydrogen-bond acceptors (Lipinski definition) is 4. The van der Waals surface area contributed by atoms with Gasteiger partial charge in [-0.25, -0.2) is 8.42 Å². The second-order valence-electron chi connectivity index (χ2n) is 4.75. The lowest BCUT2D eigenvalue weighted by molar-refractivity contribution is -0.140. The molecule has 2 atom stereocenters. The number of aryl methyl sites for hydroxylation is 1. The topological polar surface area (TPSA) is 94.9 Å². The van der Waals surface area contributed by atoms with Gasteiger partial charge >= 0.3 is 5.97 Å². The zero-order chi connectivity index (χ0) is 15.1. The zero-order valence-corrected chi connectivity index (χ0v) is 12.2. The molecule has 1 saturated heterocycles. The molecular formula is C12H14ClNO5S. The van der Waals surface area contributed by atoms with Gasteiger partial charge in [-0.05, 0) is 24.6 Å². The molecule has 2 N–H and O–H groups in total. The molecule has 0 amide bonds. The summed E-state index contributed by atoms with van der Waals surface area (Å²) in [5.41, 5.74) is 0.796. The molecule has 0 aromatic heterocycles. The molecule has 6 nitrogen and oxygen atoms in total. The van der Waals surface area contributed by atoms with E-state index >= 15 is 0 Å². The minimum atomic E-state index is -4.05. The first-order valence-electron chi connectivity index (χ1n) is 5.92. The molecule has 1 aliphatic rings. The second-order valence-corrected chi connectivity index (χ2v) is 7.02. The predicted molar refractivity (Wildman–Crippen MR) is 72.1 cm³/mol. The molecule has 1 heterocycles. The Morgan fingerprint density at radius 1 is 1.45 bits per heavy atom. The van der Waals surface area contributed by atoms with Crippen LogP contribution in [0.25, 0.3) is 0 Å². The van der Waals surface area contributed by atoms with Gasteiger partial charge in [0.25, 0.3) is 0 Å². The number of carbonyl (C=O) groups is 1. The van der Waals surface area contributed by atoms with E-state index < -0.39 is 28.1 Å². The SMILES string of the molecule is Cc1ccc(S(=O)(=O)N2C[C@H](O)C[C@@H]2C(=O)O)c(Cl)c1. The molecule has 1 aliphatic heterocycles. The van der Waals surface area contributed by atoms with Crippen molar-refractivity contribution in [2.75, 3.05) is 6.54 Å². The number of carboxylic acids is 1. The zero-order valence-electron chi connectivity index (χ0n) is 10.7. The van der Waals surface area contributed by atoms with E-state index in [0.29, 0.717) is 0 Å². The van der Waals surface area contributed by atoms with Crippen molar-refractivity contribution in [3.8, 4) is 0 Å². The molecule has 0 bridgehead atoms. The van der Waals surface area contributed by atoms with Crippen LogP contribution in [0.1, 0.15) is 12.0 Å². The number of aliphatic hydroxyl groups is 1. The molecule has 20 heavy (non-hydrogen) atoms. The first-order chi connectivity index (χ1) is 9.23. The number of hydrogen-bond donors (Lipinski definition) is 2. The summed E-state index contributed by atoms with van der Waals surface area (Å²) < 4.78 is 25.8. The normalized spacial score (nSPS) is 23.9. The molecule has 0 unspecified atom stereocenters. The Labute approximate surface area is 121 Å². The van der Waals surface area contributed by atoms with Gasteiger partial charge in [-0.3, -0.25) is 4.79 Å². The standard InChI is InChI=1S/C12H14ClNO5S/c1-7-2-3-11(9(13)4-7)20(18,19)14-6-8(15)5-10(14)12(16)17/h2-4,8,10,15H,5-6H2,1H3,(H,16,17)/t8-,10-/m1/s1. The molecule has 0 spiro atoms. The number of aliphatic carboxylic acids is 1. The first-order valence-corrected chi connectivity index (χ1v) is 7.74. The summed E-state index contributed by atoms with van der Waals surface area (Å²) >= 11 is 5.94. The van der Waals surface area contributed by atoms with Crippen LogP contribution >= 0.6 is 11.6 Å². The van der Waals surface area contributed by atoms with E-state index in [1.165, 1.54) is 12.1 Å². The summed E-state index contributed by atoms with van der Waals surface area (Å²) in [7, 11) is -4.05. The van der Waals surface area contributed by atoms with E-state index in [9.17, 15) is 18.3 Å². The number of halogens is 1. The largest absolute Gasteiger partial charge is 0.480 e. The van der Waals surface area contributed by atoms with Crippen LogP contribution in [0.5, 0.6) is 0 Å². The third kappa shape index (κ3) is 2.67. The monoisotopic (exact) mass is 319 g/mol. The van der Waals surface area contributed by atoms with Gasteiger partial charge in [0.15, 0.2) is 0 Å². The quantitative estimate of drug-likeness (QED) is 0.861. The fraction of sp³-hybridized carbons (Fsp3) is 0.417. The van der Waals surface area contributed by atoms with Gasteiger partial charge in [0.2, 0.25) is 10.0 Å². The number of rotatable bonds is 3. The van der Waals surface area contributed by atoms with Crippen molar-refractivity contribution in [3.05, 3.63) is 28.8 Å². The molecule has 0 saturated carbocycles. The minimum Gasteiger partial charge on any atom is -0.480 e. The summed E-state index contributed by atoms with van der Waals surface area (Å²) in [6.45, 7) is 1.52. The van der Waals surface area contributed by atoms with E-state index in [0.717, 1.165) is 9.87 Å². The molecule has 1 aromatic rings. The number of nitrogens with zero attached hydrogens (tertiary/aromatic N) is 1. The first kappa shape index (κ1) is 15.2. The van der Waals surface area contributed by atoms with Gasteiger partial charge in [-0.2, -0.15) is 4.31 Å². The van der Waals surface area contributed by atoms with E-state index in [2.05, 4.69) is 0 Å². The highest BCUT2D eigenvalue weighted by atomic mass is 35.5. The Bertz CT molecular complexity index is 645. The molecular weight excluding hydrogens is 306 g/mol. The maximum absolute atomic E-state index is 12.5. The summed E-state index contributed by atoms with van der Waals surface area (Å²) in [4.78, 5) is 11.0. The number of sulfonamides is 1. The van der Waals surface area contributed by atoms with Crippen molar-refractivity contribution in [1.82, 2.24) is 4.31 Å². The van der Waals surface area contributed by atoms with Gasteiger partial charge in [0.1, 0.15) is 10.9 Å². The Morgan fingerprint density at radius 3 is 2.65 bits per heavy atom. The van der Waals surface area contributed by atoms with Crippen molar-refractivity contribution in [2.45, 2.75) is 30.4 Å². The highest BCUT2D eigenvalue weighted by molar-refractivity contribution is 7.89. The van der Waals surface area contributed by atoms with Crippen LogP contribution in [0.4, 0.5) is 0 Å². The van der Waals surface area contributed by atoms with E-state index in [4.69, 9.17) is 16.7 Å². The Kier molecular flexibility index (Phi) is 4.06. The molecule has 8 heteroatoms. The maximum Gasteiger partial charge on any atom is 0.322 e. The van der Waals surface area contributed by atoms with Crippen molar-refractivity contribution in [3.63, 3.8) is 0 Å². The highest BCUT2D eigenvalue weighted by Crippen LogP contribution is 2.30. The third-order valence-electron chi connectivity index (χ3n) is 3.19. The lowest BCUT2D eigenvalue weighted by atomic mass is 10.2. The lowest BCUT2D eigenvalue weighted by Crippen LogP contribution is -2.40. The molecule has 1 fully saturated rings. The summed E-state index contributed by atoms with van der Waals surface area (Å²) in [5.74, 6) is -1.28. The molecule has 2 rings (SSSR count). The summed E-state index contributed by atoms with van der Waals surface area (Å²) in [5, 5.41) is 18.7. The minimum absolute atomic E-state index is 0.0375. The predicted octanol–water partition coefficient (Wildman–Crippen LogP) is 0.857. The van der Waals surface area contributed by atoms with Crippen LogP contribution in [-0.4, -0.2) is 47.6 Å². The van der Waals surface area contributed by atoms with Crippen LogP contribution in [0.15, 0.2) is 23.1 Å². The number of benzene rings is 1. The average Bonchev–Trinajstić information content (AvgIpc) is 2.71. The molecule has 1 aromatic carbocycles. The van der Waals surface area contributed by atoms with Gasteiger partial charge in [-0.15, -0.1) is 0 Å². The molecule has 110 valence electrons. The van der Waals surface area contributed by atoms with Crippen LogP contribution in [0.3, 0.4) is 0 Å². The number of aliphatic hydroxyl groups excluding tert-OH is 1. The Hall–Kier alpha value is -1.15. The Morgan fingerprint density at radius 2 is 2.10 bits per heavy atom. The van der Waals surface area contributed by atoms with Crippen molar-refractivity contribution in [1.29, 1.82) is 0 Å². The summed E-state index contributed by atoms with van der Waals surface area (Å²) in [6.07, 6.45) is -1.12. The average molecular weight is 320 g/mol. The summed E-state index contributed by atoms with van der Waals surface area (Å²) in [6, 6.07) is 3.15. The van der Waals surface area contributed by atoms with Crippen LogP contribution < -0.4 is 0 Å². The third-order valence-corrected chi connectivity index (χ3v) is 5.55. The van der Waals surface area contributed by atoms with E-state index in [1.807, 2.05) is 0 Å². The van der Waals surface area contributed by atoms with Gasteiger partial charge < -0.3 is 10.2 Å². The van der Waals surface area contributed by atoms with E-state index in [-0.39, 0.29) is 22.9 Å². The molecule has 0 radical (unpaired) electrons. The van der Waals surface area contributed by atoms with Crippen LogP contribution in [0, 0.1) is 6.92 Å². The van der Waals surface area contributed by atoms with Gasteiger partial charge in [0.05, 0.1) is 11.1 Å². The van der Waals surface area contributed by atoms with E-state index in [1.54, 1.807) is 13.0 Å². The van der Waals surface area contributed by atoms with Gasteiger partial charge in [-0.1, -0.05) is 17.7 Å². The fourth-order valence-electron chi connectivity index (χ4n) is 2.22. The number of β-amino-alcohol motifs (C(OH)–C–C–N with tert-alkyl or cyclic N) is 1.